The van der Waals surface area contributed by atoms with Gasteiger partial charge in [0.2, 0.25) is 0 Å². The van der Waals surface area contributed by atoms with Crippen LogP contribution in [0.4, 0.5) is 0 Å². The van der Waals surface area contributed by atoms with Gasteiger partial charge in [-0.25, -0.2) is 4.98 Å². The summed E-state index contributed by atoms with van der Waals surface area (Å²) in [6.07, 6.45) is 1.46. The number of nitrogens with zero attached hydrogens (tertiary/aromatic N) is 2. The number of hydrogen-bond acceptors (Lipinski definition) is 3. The van der Waals surface area contributed by atoms with Crippen molar-refractivity contribution in [1.29, 1.82) is 0 Å². The van der Waals surface area contributed by atoms with Gasteiger partial charge in [0.1, 0.15) is 12.2 Å². The lowest BCUT2D eigenvalue weighted by molar-refractivity contribution is -0.137. The van der Waals surface area contributed by atoms with Gasteiger partial charge in [-0.3, -0.25) is 9.59 Å². The number of halogens is 1. The van der Waals surface area contributed by atoms with Crippen molar-refractivity contribution < 1.29 is 14.7 Å². The Bertz CT molecular complexity index is 715. The van der Waals surface area contributed by atoms with E-state index in [0.29, 0.717) is 10.5 Å². The fourth-order valence-electron chi connectivity index (χ4n) is 1.94. The number of carbonyl (C=O) groups excluding carboxylic acids is 1. The summed E-state index contributed by atoms with van der Waals surface area (Å²) in [5, 5.41) is 10.00. The molecule has 1 N–H and O–H groups in total. The van der Waals surface area contributed by atoms with Gasteiger partial charge in [-0.05, 0) is 12.1 Å². The molecule has 0 aliphatic heterocycles. The Labute approximate surface area is 126 Å². The number of aliphatic carboxylic acids is 1. The van der Waals surface area contributed by atoms with E-state index in [1.807, 2.05) is 6.07 Å². The summed E-state index contributed by atoms with van der Waals surface area (Å²) in [5.74, 6) is -1.60. The van der Waals surface area contributed by atoms with E-state index in [1.165, 1.54) is 12.1 Å². The number of hydrogen-bond donors (Lipinski definition) is 1. The summed E-state index contributed by atoms with van der Waals surface area (Å²) in [4.78, 5) is 28.6. The molecule has 0 saturated carbocycles. The summed E-state index contributed by atoms with van der Waals surface area (Å²) >= 11 is 6.15. The van der Waals surface area contributed by atoms with Gasteiger partial charge in [-0.2, -0.15) is 0 Å². The number of rotatable bonds is 5. The number of carbonyl (C=O) groups is 2. The second-order valence-electron chi connectivity index (χ2n) is 4.37. The highest BCUT2D eigenvalue weighted by molar-refractivity contribution is 6.35. The predicted molar refractivity (Wildman–Crippen MR) is 80.5 cm³/mol. The molecule has 0 spiro atoms. The van der Waals surface area contributed by atoms with Crippen molar-refractivity contribution >= 4 is 34.4 Å². The number of carboxylic acid groups (broad SMARTS) is 1. The third-order valence-electron chi connectivity index (χ3n) is 2.85. The van der Waals surface area contributed by atoms with Crippen molar-refractivity contribution in [3.05, 3.63) is 53.7 Å². The molecule has 0 saturated heterocycles. The van der Waals surface area contributed by atoms with E-state index >= 15 is 0 Å². The molecule has 0 fully saturated rings. The lowest BCUT2D eigenvalue weighted by Gasteiger charge is -2.18. The Kier molecular flexibility index (Phi) is 4.55. The average molecular weight is 305 g/mol. The Hall–Kier alpha value is -2.40. The molecular weight excluding hydrogens is 292 g/mol. The minimum absolute atomic E-state index is 0.113. The first-order valence-corrected chi connectivity index (χ1v) is 6.58. The first-order valence-electron chi connectivity index (χ1n) is 6.20. The van der Waals surface area contributed by atoms with Crippen LogP contribution in [-0.2, 0) is 4.79 Å². The van der Waals surface area contributed by atoms with Gasteiger partial charge >= 0.3 is 5.97 Å². The Morgan fingerprint density at radius 1 is 1.38 bits per heavy atom. The van der Waals surface area contributed by atoms with Crippen molar-refractivity contribution in [1.82, 2.24) is 9.88 Å². The third-order valence-corrected chi connectivity index (χ3v) is 3.16. The minimum atomic E-state index is -1.10. The molecule has 0 aliphatic rings. The highest BCUT2D eigenvalue weighted by Gasteiger charge is 2.19. The number of fused-ring (bicyclic) bond motifs is 1. The summed E-state index contributed by atoms with van der Waals surface area (Å²) in [5.41, 5.74) is 0.698. The van der Waals surface area contributed by atoms with Crippen LogP contribution in [0.3, 0.4) is 0 Å². The van der Waals surface area contributed by atoms with Crippen LogP contribution in [0, 0.1) is 0 Å². The zero-order valence-electron chi connectivity index (χ0n) is 11.1. The van der Waals surface area contributed by atoms with Crippen molar-refractivity contribution in [3.63, 3.8) is 0 Å². The quantitative estimate of drug-likeness (QED) is 0.862. The number of carboxylic acids is 1. The van der Waals surface area contributed by atoms with Crippen molar-refractivity contribution in [2.24, 2.45) is 0 Å². The topological polar surface area (TPSA) is 70.5 Å². The lowest BCUT2D eigenvalue weighted by atomic mass is 10.2. The van der Waals surface area contributed by atoms with Gasteiger partial charge in [0.25, 0.3) is 5.91 Å². The van der Waals surface area contributed by atoms with Gasteiger partial charge in [-0.15, -0.1) is 6.58 Å². The van der Waals surface area contributed by atoms with E-state index in [4.69, 9.17) is 16.7 Å². The molecule has 0 atom stereocenters. The van der Waals surface area contributed by atoms with E-state index < -0.39 is 18.4 Å². The molecule has 108 valence electrons. The highest BCUT2D eigenvalue weighted by Crippen LogP contribution is 2.23. The monoisotopic (exact) mass is 304 g/mol. The van der Waals surface area contributed by atoms with Gasteiger partial charge in [0.05, 0.1) is 10.5 Å². The van der Waals surface area contributed by atoms with Crippen molar-refractivity contribution in [2.75, 3.05) is 13.1 Å². The van der Waals surface area contributed by atoms with Crippen LogP contribution in [0.2, 0.25) is 5.02 Å². The van der Waals surface area contributed by atoms with Crippen LogP contribution >= 0.6 is 11.6 Å². The minimum Gasteiger partial charge on any atom is -0.480 e. The molecule has 2 aromatic rings. The maximum absolute atomic E-state index is 12.4. The fourth-order valence-corrected chi connectivity index (χ4v) is 2.21. The Morgan fingerprint density at radius 2 is 2.10 bits per heavy atom. The molecule has 1 heterocycles. The van der Waals surface area contributed by atoms with Crippen LogP contribution in [0.25, 0.3) is 10.9 Å². The summed E-state index contributed by atoms with van der Waals surface area (Å²) in [6.45, 7) is 3.22. The number of benzene rings is 1. The zero-order valence-corrected chi connectivity index (χ0v) is 11.9. The molecule has 0 aliphatic carbocycles. The molecule has 0 unspecified atom stereocenters. The highest BCUT2D eigenvalue weighted by atomic mass is 35.5. The predicted octanol–water partition coefficient (Wildman–Crippen LogP) is 2.60. The van der Waals surface area contributed by atoms with E-state index in [2.05, 4.69) is 11.6 Å². The molecular formula is C15H13ClN2O3. The smallest absolute Gasteiger partial charge is 0.323 e. The zero-order chi connectivity index (χ0) is 15.4. The second kappa shape index (κ2) is 6.37. The molecule has 1 aromatic heterocycles. The van der Waals surface area contributed by atoms with E-state index in [0.717, 1.165) is 10.3 Å². The number of pyridine rings is 1. The van der Waals surface area contributed by atoms with Crippen molar-refractivity contribution in [3.8, 4) is 0 Å². The first-order chi connectivity index (χ1) is 10.0. The molecule has 1 amide bonds. The summed E-state index contributed by atoms with van der Waals surface area (Å²) in [7, 11) is 0. The standard InChI is InChI=1S/C15H13ClN2O3/c1-2-7-18(9-14(19)20)15(21)13-8-11(16)10-5-3-4-6-12(10)17-13/h2-6,8H,1,7,9H2,(H,19,20). The average Bonchev–Trinajstić information content (AvgIpc) is 2.45. The summed E-state index contributed by atoms with van der Waals surface area (Å²) in [6, 6.07) is 8.61. The second-order valence-corrected chi connectivity index (χ2v) is 4.78. The van der Waals surface area contributed by atoms with E-state index in [9.17, 15) is 9.59 Å². The van der Waals surface area contributed by atoms with Crippen LogP contribution in [0.1, 0.15) is 10.5 Å². The molecule has 1 aromatic carbocycles. The molecule has 0 bridgehead atoms. The van der Waals surface area contributed by atoms with Gasteiger partial charge in [-0.1, -0.05) is 35.9 Å². The van der Waals surface area contributed by atoms with Crippen LogP contribution < -0.4 is 0 Å². The number of aromatic nitrogens is 1. The third kappa shape index (κ3) is 3.38. The van der Waals surface area contributed by atoms with Crippen LogP contribution in [0.5, 0.6) is 0 Å². The van der Waals surface area contributed by atoms with E-state index in [-0.39, 0.29) is 12.2 Å². The molecule has 6 heteroatoms. The molecule has 0 radical (unpaired) electrons. The largest absolute Gasteiger partial charge is 0.480 e. The fraction of sp³-hybridized carbons (Fsp3) is 0.133. The number of amides is 1. The Balaban J connectivity index is 2.41. The molecule has 5 nitrogen and oxygen atoms in total. The van der Waals surface area contributed by atoms with Crippen LogP contribution in [-0.4, -0.2) is 40.0 Å². The molecule has 21 heavy (non-hydrogen) atoms. The normalized spacial score (nSPS) is 10.3. The maximum Gasteiger partial charge on any atom is 0.323 e. The SMILES string of the molecule is C=CCN(CC(=O)O)C(=O)c1cc(Cl)c2ccccc2n1. The van der Waals surface area contributed by atoms with Gasteiger partial charge < -0.3 is 10.0 Å². The first kappa shape index (κ1) is 15.0. The van der Waals surface area contributed by atoms with Gasteiger partial charge in [0, 0.05) is 11.9 Å². The Morgan fingerprint density at radius 3 is 2.76 bits per heavy atom. The number of para-hydroxylation sites is 1. The van der Waals surface area contributed by atoms with Crippen LogP contribution in [0.15, 0.2) is 43.0 Å². The van der Waals surface area contributed by atoms with Gasteiger partial charge in [0.15, 0.2) is 0 Å². The maximum atomic E-state index is 12.4. The van der Waals surface area contributed by atoms with E-state index in [1.54, 1.807) is 18.2 Å². The summed E-state index contributed by atoms with van der Waals surface area (Å²) < 4.78 is 0. The van der Waals surface area contributed by atoms with Crippen molar-refractivity contribution in [2.45, 2.75) is 0 Å². The lowest BCUT2D eigenvalue weighted by Crippen LogP contribution is -2.36. The molecule has 2 rings (SSSR count).